The summed E-state index contributed by atoms with van der Waals surface area (Å²) >= 11 is 0. The van der Waals surface area contributed by atoms with Gasteiger partial charge in [-0.3, -0.25) is 4.79 Å². The van der Waals surface area contributed by atoms with Crippen LogP contribution in [0.5, 0.6) is 0 Å². The minimum atomic E-state index is -3.59. The van der Waals surface area contributed by atoms with E-state index in [0.717, 1.165) is 12.0 Å². The van der Waals surface area contributed by atoms with Crippen LogP contribution in [0.1, 0.15) is 21.5 Å². The largest absolute Gasteiger partial charge is 0.337 e. The van der Waals surface area contributed by atoms with Crippen LogP contribution in [0.2, 0.25) is 0 Å². The number of primary sulfonamides is 1. The molecule has 0 saturated heterocycles. The number of hydrogen-bond acceptors (Lipinski definition) is 4. The average molecular weight is 398 g/mol. The molecule has 6 nitrogen and oxygen atoms in total. The normalized spacial score (nSPS) is 10.8. The molecular formula is C18H24ClN3O3S. The van der Waals surface area contributed by atoms with Crippen molar-refractivity contribution in [2.45, 2.75) is 12.2 Å². The standard InChI is InChI=1S/C18H23N3O3S.ClH/c19-11-13-21(12-10-15-4-2-1-3-5-15)18(22)17-8-6-16(7-9-17)14-25(20,23)24;/h1-9H,10-14,19H2,(H2,20,23,24);1H. The zero-order valence-electron chi connectivity index (χ0n) is 14.4. The van der Waals surface area contributed by atoms with E-state index in [2.05, 4.69) is 0 Å². The minimum absolute atomic E-state index is 0. The van der Waals surface area contributed by atoms with E-state index >= 15 is 0 Å². The van der Waals surface area contributed by atoms with Gasteiger partial charge in [0.05, 0.1) is 5.75 Å². The molecule has 0 atom stereocenters. The molecule has 0 unspecified atom stereocenters. The van der Waals surface area contributed by atoms with Crippen LogP contribution in [0, 0.1) is 0 Å². The van der Waals surface area contributed by atoms with Gasteiger partial charge in [-0.1, -0.05) is 42.5 Å². The van der Waals surface area contributed by atoms with E-state index in [1.807, 2.05) is 30.3 Å². The van der Waals surface area contributed by atoms with Gasteiger partial charge in [-0.2, -0.15) is 0 Å². The minimum Gasteiger partial charge on any atom is -0.337 e. The number of benzene rings is 2. The van der Waals surface area contributed by atoms with Crippen molar-refractivity contribution >= 4 is 28.3 Å². The first-order chi connectivity index (χ1) is 11.9. The number of rotatable bonds is 8. The second-order valence-electron chi connectivity index (χ2n) is 5.82. The number of carbonyl (C=O) groups is 1. The summed E-state index contributed by atoms with van der Waals surface area (Å²) in [5.74, 6) is -0.370. The number of sulfonamides is 1. The highest BCUT2D eigenvalue weighted by atomic mass is 35.5. The van der Waals surface area contributed by atoms with Crippen molar-refractivity contribution in [1.29, 1.82) is 0 Å². The summed E-state index contributed by atoms with van der Waals surface area (Å²) in [6.07, 6.45) is 0.746. The Hall–Kier alpha value is -1.93. The van der Waals surface area contributed by atoms with Crippen molar-refractivity contribution < 1.29 is 13.2 Å². The highest BCUT2D eigenvalue weighted by Gasteiger charge is 2.15. The Morgan fingerprint density at radius 1 is 0.923 bits per heavy atom. The Morgan fingerprint density at radius 3 is 2.08 bits per heavy atom. The topological polar surface area (TPSA) is 106 Å². The van der Waals surface area contributed by atoms with Gasteiger partial charge >= 0.3 is 0 Å². The zero-order chi connectivity index (χ0) is 18.3. The van der Waals surface area contributed by atoms with Gasteiger partial charge in [0.2, 0.25) is 10.0 Å². The summed E-state index contributed by atoms with van der Waals surface area (Å²) in [5.41, 5.74) is 7.84. The third kappa shape index (κ3) is 7.13. The van der Waals surface area contributed by atoms with Crippen molar-refractivity contribution in [1.82, 2.24) is 4.90 Å². The van der Waals surface area contributed by atoms with E-state index in [0.29, 0.717) is 30.8 Å². The molecule has 0 aromatic heterocycles. The fourth-order valence-corrected chi connectivity index (χ4v) is 3.19. The number of hydrogen-bond donors (Lipinski definition) is 2. The van der Waals surface area contributed by atoms with Gasteiger partial charge in [-0.15, -0.1) is 12.4 Å². The summed E-state index contributed by atoms with van der Waals surface area (Å²) in [6, 6.07) is 16.4. The van der Waals surface area contributed by atoms with E-state index in [1.54, 1.807) is 29.2 Å². The molecule has 0 radical (unpaired) electrons. The first kappa shape index (κ1) is 22.1. The highest BCUT2D eigenvalue weighted by molar-refractivity contribution is 7.88. The molecule has 4 N–H and O–H groups in total. The van der Waals surface area contributed by atoms with E-state index in [9.17, 15) is 13.2 Å². The van der Waals surface area contributed by atoms with Crippen LogP contribution < -0.4 is 10.9 Å². The van der Waals surface area contributed by atoms with Crippen LogP contribution in [0.25, 0.3) is 0 Å². The van der Waals surface area contributed by atoms with E-state index in [1.165, 1.54) is 0 Å². The number of nitrogens with zero attached hydrogens (tertiary/aromatic N) is 1. The number of carbonyl (C=O) groups excluding carboxylic acids is 1. The maximum Gasteiger partial charge on any atom is 0.253 e. The van der Waals surface area contributed by atoms with Gasteiger partial charge < -0.3 is 10.6 Å². The van der Waals surface area contributed by atoms with Crippen molar-refractivity contribution in [3.05, 3.63) is 71.3 Å². The van der Waals surface area contributed by atoms with Gasteiger partial charge in [0, 0.05) is 25.2 Å². The summed E-state index contributed by atoms with van der Waals surface area (Å²) in [6.45, 7) is 1.41. The molecule has 0 saturated carbocycles. The molecule has 0 aliphatic carbocycles. The smallest absolute Gasteiger partial charge is 0.253 e. The van der Waals surface area contributed by atoms with Gasteiger partial charge in [0.1, 0.15) is 0 Å². The lowest BCUT2D eigenvalue weighted by molar-refractivity contribution is 0.0762. The van der Waals surface area contributed by atoms with E-state index in [4.69, 9.17) is 10.9 Å². The lowest BCUT2D eigenvalue weighted by Crippen LogP contribution is -2.37. The Morgan fingerprint density at radius 2 is 1.54 bits per heavy atom. The molecule has 0 aliphatic rings. The van der Waals surface area contributed by atoms with Gasteiger partial charge in [-0.25, -0.2) is 13.6 Å². The first-order valence-corrected chi connectivity index (χ1v) is 9.73. The molecule has 2 aromatic carbocycles. The maximum atomic E-state index is 12.7. The Kier molecular flexibility index (Phi) is 8.74. The third-order valence-electron chi connectivity index (χ3n) is 3.77. The molecule has 1 amide bonds. The van der Waals surface area contributed by atoms with Crippen LogP contribution in [0.4, 0.5) is 0 Å². The lowest BCUT2D eigenvalue weighted by Gasteiger charge is -2.22. The molecule has 142 valence electrons. The summed E-state index contributed by atoms with van der Waals surface area (Å²) in [7, 11) is -3.59. The maximum absolute atomic E-state index is 12.7. The van der Waals surface area contributed by atoms with Crippen molar-refractivity contribution in [3.8, 4) is 0 Å². The van der Waals surface area contributed by atoms with Crippen LogP contribution >= 0.6 is 12.4 Å². The number of halogens is 1. The van der Waals surface area contributed by atoms with E-state index in [-0.39, 0.29) is 24.1 Å². The number of nitrogens with two attached hydrogens (primary N) is 2. The summed E-state index contributed by atoms with van der Waals surface area (Å²) in [5, 5.41) is 5.03. The molecule has 0 bridgehead atoms. The third-order valence-corrected chi connectivity index (χ3v) is 4.50. The first-order valence-electron chi connectivity index (χ1n) is 8.02. The summed E-state index contributed by atoms with van der Waals surface area (Å²) in [4.78, 5) is 14.4. The molecule has 0 fully saturated rings. The van der Waals surface area contributed by atoms with Gasteiger partial charge in [-0.05, 0) is 29.7 Å². The molecule has 26 heavy (non-hydrogen) atoms. The monoisotopic (exact) mass is 397 g/mol. The Balaban J connectivity index is 0.00000338. The predicted octanol–water partition coefficient (Wildman–Crippen LogP) is 1.54. The van der Waals surface area contributed by atoms with Crippen LogP contribution in [-0.2, 0) is 22.2 Å². The lowest BCUT2D eigenvalue weighted by atomic mass is 10.1. The molecule has 0 heterocycles. The summed E-state index contributed by atoms with van der Waals surface area (Å²) < 4.78 is 22.2. The molecule has 8 heteroatoms. The van der Waals surface area contributed by atoms with Gasteiger partial charge in [0.25, 0.3) is 5.91 Å². The Labute approximate surface area is 160 Å². The van der Waals surface area contributed by atoms with Crippen LogP contribution in [0.15, 0.2) is 54.6 Å². The fraction of sp³-hybridized carbons (Fsp3) is 0.278. The quantitative estimate of drug-likeness (QED) is 0.704. The van der Waals surface area contributed by atoms with E-state index < -0.39 is 10.0 Å². The number of amides is 1. The van der Waals surface area contributed by atoms with Crippen molar-refractivity contribution in [2.75, 3.05) is 19.6 Å². The average Bonchev–Trinajstić information content (AvgIpc) is 2.58. The second-order valence-corrected chi connectivity index (χ2v) is 7.43. The molecule has 2 aromatic rings. The van der Waals surface area contributed by atoms with Crippen LogP contribution in [-0.4, -0.2) is 38.9 Å². The second kappa shape index (κ2) is 10.3. The molecule has 0 spiro atoms. The molecule has 0 aliphatic heterocycles. The molecular weight excluding hydrogens is 374 g/mol. The zero-order valence-corrected chi connectivity index (χ0v) is 16.0. The fourth-order valence-electron chi connectivity index (χ4n) is 2.54. The van der Waals surface area contributed by atoms with Crippen LogP contribution in [0.3, 0.4) is 0 Å². The molecule has 2 rings (SSSR count). The SMILES string of the molecule is Cl.NCCN(CCc1ccccc1)C(=O)c1ccc(CS(N)(=O)=O)cc1. The highest BCUT2D eigenvalue weighted by Crippen LogP contribution is 2.11. The van der Waals surface area contributed by atoms with Crippen molar-refractivity contribution in [3.63, 3.8) is 0 Å². The predicted molar refractivity (Wildman–Crippen MR) is 106 cm³/mol. The van der Waals surface area contributed by atoms with Gasteiger partial charge in [0.15, 0.2) is 0 Å². The van der Waals surface area contributed by atoms with Crippen molar-refractivity contribution in [2.24, 2.45) is 10.9 Å². The Bertz CT molecular complexity index is 796.